The maximum absolute atomic E-state index is 10.8. The number of amides is 1. The van der Waals surface area contributed by atoms with E-state index in [1.807, 2.05) is 0 Å². The minimum absolute atomic E-state index is 0.159. The van der Waals surface area contributed by atoms with Crippen LogP contribution in [0.5, 0.6) is 0 Å². The Bertz CT molecular complexity index is 280. The highest BCUT2D eigenvalue weighted by atomic mass is 16.3. The Labute approximate surface area is 76.3 Å². The molecule has 0 aromatic carbocycles. The fourth-order valence-electron chi connectivity index (χ4n) is 1.15. The predicted octanol–water partition coefficient (Wildman–Crippen LogP) is 0.694. The first-order chi connectivity index (χ1) is 6.25. The molecule has 0 saturated heterocycles. The summed E-state index contributed by atoms with van der Waals surface area (Å²) in [6, 6.07) is 1.57. The Morgan fingerprint density at radius 3 is 2.92 bits per heavy atom. The van der Waals surface area contributed by atoms with Gasteiger partial charge in [-0.3, -0.25) is 4.79 Å². The summed E-state index contributed by atoms with van der Waals surface area (Å²) in [6.07, 6.45) is 3.60. The van der Waals surface area contributed by atoms with Gasteiger partial charge in [-0.1, -0.05) is 0 Å². The second-order valence-corrected chi connectivity index (χ2v) is 2.80. The largest absolute Gasteiger partial charge is 0.469 e. The van der Waals surface area contributed by atoms with Gasteiger partial charge in [-0.2, -0.15) is 0 Å². The lowest BCUT2D eigenvalue weighted by molar-refractivity contribution is 0.0998. The van der Waals surface area contributed by atoms with Gasteiger partial charge in [-0.05, 0) is 18.9 Å². The maximum Gasteiger partial charge on any atom is 0.252 e. The summed E-state index contributed by atoms with van der Waals surface area (Å²) in [6.45, 7) is 0.159. The summed E-state index contributed by atoms with van der Waals surface area (Å²) in [7, 11) is 0. The van der Waals surface area contributed by atoms with E-state index in [1.165, 1.54) is 6.26 Å². The number of carbonyl (C=O) groups is 1. The Hall–Kier alpha value is -1.29. The van der Waals surface area contributed by atoms with Gasteiger partial charge in [0.15, 0.2) is 0 Å². The Morgan fingerprint density at radius 1 is 1.54 bits per heavy atom. The molecule has 13 heavy (non-hydrogen) atoms. The van der Waals surface area contributed by atoms with Gasteiger partial charge in [0.1, 0.15) is 5.76 Å². The van der Waals surface area contributed by atoms with E-state index in [4.69, 9.17) is 15.3 Å². The minimum atomic E-state index is -0.465. The first-order valence-corrected chi connectivity index (χ1v) is 4.22. The molecule has 1 amide bonds. The van der Waals surface area contributed by atoms with Crippen molar-refractivity contribution in [1.29, 1.82) is 0 Å². The molecule has 1 rings (SSSR count). The summed E-state index contributed by atoms with van der Waals surface area (Å²) in [5, 5.41) is 8.55. The molecular weight excluding hydrogens is 170 g/mol. The van der Waals surface area contributed by atoms with Crippen molar-refractivity contribution in [2.24, 2.45) is 5.73 Å². The van der Waals surface area contributed by atoms with Crippen LogP contribution < -0.4 is 5.73 Å². The third-order valence-electron chi connectivity index (χ3n) is 1.82. The number of aliphatic hydroxyl groups is 1. The fraction of sp³-hybridized carbons (Fsp3) is 0.444. The third-order valence-corrected chi connectivity index (χ3v) is 1.82. The number of hydrogen-bond donors (Lipinski definition) is 2. The van der Waals surface area contributed by atoms with Crippen LogP contribution in [0.1, 0.15) is 29.0 Å². The molecule has 0 spiro atoms. The SMILES string of the molecule is NC(=O)c1ccoc1CCCCO. The van der Waals surface area contributed by atoms with Gasteiger partial charge >= 0.3 is 0 Å². The minimum Gasteiger partial charge on any atom is -0.469 e. The second-order valence-electron chi connectivity index (χ2n) is 2.80. The van der Waals surface area contributed by atoms with Crippen LogP contribution in [0.15, 0.2) is 16.7 Å². The predicted molar refractivity (Wildman–Crippen MR) is 47.2 cm³/mol. The van der Waals surface area contributed by atoms with Gasteiger partial charge in [-0.15, -0.1) is 0 Å². The summed E-state index contributed by atoms with van der Waals surface area (Å²) in [5.41, 5.74) is 5.56. The first kappa shape index (κ1) is 9.80. The number of rotatable bonds is 5. The average molecular weight is 183 g/mol. The molecule has 0 unspecified atom stereocenters. The number of primary amides is 1. The monoisotopic (exact) mass is 183 g/mol. The molecule has 3 N–H and O–H groups in total. The smallest absolute Gasteiger partial charge is 0.252 e. The number of aryl methyl sites for hydroxylation is 1. The molecule has 0 fully saturated rings. The zero-order valence-corrected chi connectivity index (χ0v) is 7.32. The molecule has 1 aromatic heterocycles. The molecule has 72 valence electrons. The molecule has 1 aromatic rings. The molecule has 0 aliphatic rings. The number of aliphatic hydroxyl groups excluding tert-OH is 1. The number of carbonyl (C=O) groups excluding carboxylic acids is 1. The summed E-state index contributed by atoms with van der Waals surface area (Å²) in [5.74, 6) is 0.147. The van der Waals surface area contributed by atoms with Crippen molar-refractivity contribution >= 4 is 5.91 Å². The lowest BCUT2D eigenvalue weighted by atomic mass is 10.1. The van der Waals surface area contributed by atoms with Crippen molar-refractivity contribution in [1.82, 2.24) is 0 Å². The highest BCUT2D eigenvalue weighted by molar-refractivity contribution is 5.93. The zero-order chi connectivity index (χ0) is 9.68. The van der Waals surface area contributed by atoms with E-state index >= 15 is 0 Å². The molecule has 0 radical (unpaired) electrons. The molecular formula is C9H13NO3. The molecule has 0 bridgehead atoms. The lowest BCUT2D eigenvalue weighted by Gasteiger charge is -1.97. The average Bonchev–Trinajstić information content (AvgIpc) is 2.53. The molecule has 0 aliphatic heterocycles. The van der Waals surface area contributed by atoms with Gasteiger partial charge in [0, 0.05) is 13.0 Å². The van der Waals surface area contributed by atoms with Gasteiger partial charge in [-0.25, -0.2) is 0 Å². The van der Waals surface area contributed by atoms with Crippen molar-refractivity contribution in [3.63, 3.8) is 0 Å². The lowest BCUT2D eigenvalue weighted by Crippen LogP contribution is -2.11. The van der Waals surface area contributed by atoms with Crippen LogP contribution in [0.4, 0.5) is 0 Å². The normalized spacial score (nSPS) is 10.2. The van der Waals surface area contributed by atoms with Crippen molar-refractivity contribution in [3.05, 3.63) is 23.7 Å². The van der Waals surface area contributed by atoms with E-state index < -0.39 is 5.91 Å². The van der Waals surface area contributed by atoms with Crippen LogP contribution in [0.25, 0.3) is 0 Å². The Balaban J connectivity index is 2.55. The van der Waals surface area contributed by atoms with E-state index in [0.29, 0.717) is 24.2 Å². The number of furan rings is 1. The van der Waals surface area contributed by atoms with Gasteiger partial charge in [0.05, 0.1) is 11.8 Å². The van der Waals surface area contributed by atoms with Crippen LogP contribution >= 0.6 is 0 Å². The number of nitrogens with two attached hydrogens (primary N) is 1. The topological polar surface area (TPSA) is 76.5 Å². The van der Waals surface area contributed by atoms with Crippen LogP contribution in [0.2, 0.25) is 0 Å². The molecule has 1 heterocycles. The van der Waals surface area contributed by atoms with Crippen molar-refractivity contribution in [2.75, 3.05) is 6.61 Å². The molecule has 4 heteroatoms. The van der Waals surface area contributed by atoms with E-state index in [2.05, 4.69) is 0 Å². The van der Waals surface area contributed by atoms with Gasteiger partial charge < -0.3 is 15.3 Å². The van der Waals surface area contributed by atoms with Crippen molar-refractivity contribution < 1.29 is 14.3 Å². The summed E-state index contributed by atoms with van der Waals surface area (Å²) >= 11 is 0. The Kier molecular flexibility index (Phi) is 3.52. The zero-order valence-electron chi connectivity index (χ0n) is 7.32. The van der Waals surface area contributed by atoms with E-state index in [-0.39, 0.29) is 6.61 Å². The highest BCUT2D eigenvalue weighted by Crippen LogP contribution is 2.12. The van der Waals surface area contributed by atoms with Crippen LogP contribution in [0.3, 0.4) is 0 Å². The summed E-state index contributed by atoms with van der Waals surface area (Å²) in [4.78, 5) is 10.8. The number of hydrogen-bond acceptors (Lipinski definition) is 3. The third kappa shape index (κ3) is 2.59. The van der Waals surface area contributed by atoms with Crippen LogP contribution in [-0.4, -0.2) is 17.6 Å². The van der Waals surface area contributed by atoms with Gasteiger partial charge in [0.25, 0.3) is 5.91 Å². The maximum atomic E-state index is 10.8. The Morgan fingerprint density at radius 2 is 2.31 bits per heavy atom. The van der Waals surface area contributed by atoms with Gasteiger partial charge in [0.2, 0.25) is 0 Å². The van der Waals surface area contributed by atoms with E-state index in [9.17, 15) is 4.79 Å². The number of unbranched alkanes of at least 4 members (excludes halogenated alkanes) is 1. The quantitative estimate of drug-likeness (QED) is 0.659. The fourth-order valence-corrected chi connectivity index (χ4v) is 1.15. The standard InChI is InChI=1S/C9H13NO3/c10-9(12)7-4-6-13-8(7)3-1-2-5-11/h4,6,11H,1-3,5H2,(H2,10,12). The van der Waals surface area contributed by atoms with E-state index in [0.717, 1.165) is 6.42 Å². The van der Waals surface area contributed by atoms with Crippen molar-refractivity contribution in [2.45, 2.75) is 19.3 Å². The molecule has 4 nitrogen and oxygen atoms in total. The molecule has 0 aliphatic carbocycles. The van der Waals surface area contributed by atoms with Crippen LogP contribution in [-0.2, 0) is 6.42 Å². The van der Waals surface area contributed by atoms with E-state index in [1.54, 1.807) is 6.07 Å². The highest BCUT2D eigenvalue weighted by Gasteiger charge is 2.10. The first-order valence-electron chi connectivity index (χ1n) is 4.22. The molecule has 0 saturated carbocycles. The summed E-state index contributed by atoms with van der Waals surface area (Å²) < 4.78 is 5.09. The van der Waals surface area contributed by atoms with Crippen molar-refractivity contribution in [3.8, 4) is 0 Å². The van der Waals surface area contributed by atoms with Crippen LogP contribution in [0, 0.1) is 0 Å². The second kappa shape index (κ2) is 4.67. The molecule has 0 atom stereocenters.